The summed E-state index contributed by atoms with van der Waals surface area (Å²) < 4.78 is 5.29. The van der Waals surface area contributed by atoms with Crippen molar-refractivity contribution in [1.29, 1.82) is 0 Å². The minimum absolute atomic E-state index is 0.318. The second-order valence-corrected chi connectivity index (χ2v) is 3.94. The maximum atomic E-state index is 11.4. The lowest BCUT2D eigenvalue weighted by molar-refractivity contribution is -0.186. The molecule has 5 nitrogen and oxygen atoms in total. The Balaban J connectivity index is 1.75. The van der Waals surface area contributed by atoms with Crippen molar-refractivity contribution in [2.24, 2.45) is 0 Å². The van der Waals surface area contributed by atoms with Crippen LogP contribution in [0.4, 0.5) is 0 Å². The Morgan fingerprint density at radius 2 is 2.60 bits per heavy atom. The minimum atomic E-state index is -0.328. The van der Waals surface area contributed by atoms with Crippen LogP contribution in [-0.2, 0) is 9.57 Å². The second-order valence-electron chi connectivity index (χ2n) is 3.22. The Kier molecular flexibility index (Phi) is 3.65. The van der Waals surface area contributed by atoms with Crippen molar-refractivity contribution in [3.63, 3.8) is 0 Å². The van der Waals surface area contributed by atoms with Crippen LogP contribution in [0.25, 0.3) is 0 Å². The summed E-state index contributed by atoms with van der Waals surface area (Å²) in [5, 5.41) is 1.67. The van der Waals surface area contributed by atoms with Gasteiger partial charge in [0.2, 0.25) is 0 Å². The molecule has 1 N–H and O–H groups in total. The Labute approximate surface area is 91.4 Å². The summed E-state index contributed by atoms with van der Waals surface area (Å²) in [6.45, 7) is 0.692. The molecular weight excluding hydrogens is 216 g/mol. The third-order valence-electron chi connectivity index (χ3n) is 2.09. The van der Waals surface area contributed by atoms with E-state index >= 15 is 0 Å². The molecule has 1 fully saturated rings. The minimum Gasteiger partial charge on any atom is -0.350 e. The van der Waals surface area contributed by atoms with Gasteiger partial charge in [-0.2, -0.15) is 0 Å². The predicted octanol–water partition coefficient (Wildman–Crippen LogP) is 1.33. The average Bonchev–Trinajstić information content (AvgIpc) is 2.81. The van der Waals surface area contributed by atoms with E-state index < -0.39 is 0 Å². The van der Waals surface area contributed by atoms with Crippen molar-refractivity contribution in [3.8, 4) is 0 Å². The van der Waals surface area contributed by atoms with Gasteiger partial charge in [0.1, 0.15) is 5.69 Å². The molecule has 15 heavy (non-hydrogen) atoms. The fourth-order valence-electron chi connectivity index (χ4n) is 1.30. The van der Waals surface area contributed by atoms with Gasteiger partial charge in [-0.1, -0.05) is 0 Å². The topological polar surface area (TPSA) is 60.5 Å². The quantitative estimate of drug-likeness (QED) is 0.793. The fraction of sp³-hybridized carbons (Fsp3) is 0.556. The molecule has 0 aromatic carbocycles. The standard InChI is InChI=1S/C9H12N2O3S/c12-9(7-5-15-6-10-7)11-14-8-3-1-2-4-13-8/h5-6,8H,1-4H2,(H,11,12). The number of hydroxylamine groups is 1. The van der Waals surface area contributed by atoms with Crippen molar-refractivity contribution in [1.82, 2.24) is 10.5 Å². The van der Waals surface area contributed by atoms with Gasteiger partial charge in [-0.15, -0.1) is 11.3 Å². The molecule has 0 aliphatic carbocycles. The molecule has 0 spiro atoms. The first-order valence-electron chi connectivity index (χ1n) is 4.82. The van der Waals surface area contributed by atoms with Crippen molar-refractivity contribution >= 4 is 17.2 Å². The highest BCUT2D eigenvalue weighted by molar-refractivity contribution is 7.07. The van der Waals surface area contributed by atoms with Gasteiger partial charge in [-0.05, 0) is 12.8 Å². The summed E-state index contributed by atoms with van der Waals surface area (Å²) in [4.78, 5) is 20.4. The lowest BCUT2D eigenvalue weighted by Crippen LogP contribution is -2.33. The highest BCUT2D eigenvalue weighted by Gasteiger charge is 2.16. The number of amides is 1. The highest BCUT2D eigenvalue weighted by atomic mass is 32.1. The monoisotopic (exact) mass is 228 g/mol. The second kappa shape index (κ2) is 5.20. The van der Waals surface area contributed by atoms with Crippen LogP contribution in [-0.4, -0.2) is 23.8 Å². The zero-order valence-corrected chi connectivity index (χ0v) is 8.96. The van der Waals surface area contributed by atoms with Crippen LogP contribution < -0.4 is 5.48 Å². The van der Waals surface area contributed by atoms with Crippen LogP contribution in [0.3, 0.4) is 0 Å². The third-order valence-corrected chi connectivity index (χ3v) is 2.67. The number of aromatic nitrogens is 1. The maximum Gasteiger partial charge on any atom is 0.294 e. The molecule has 1 saturated heterocycles. The molecule has 1 atom stereocenters. The van der Waals surface area contributed by atoms with Gasteiger partial charge < -0.3 is 4.74 Å². The molecule has 0 saturated carbocycles. The van der Waals surface area contributed by atoms with Gasteiger partial charge in [0.05, 0.1) is 5.51 Å². The van der Waals surface area contributed by atoms with Gasteiger partial charge in [0.25, 0.3) is 5.91 Å². The number of rotatable bonds is 3. The molecule has 1 aliphatic heterocycles. The number of ether oxygens (including phenoxy) is 1. The Morgan fingerprint density at radius 1 is 1.67 bits per heavy atom. The van der Waals surface area contributed by atoms with E-state index in [1.165, 1.54) is 11.3 Å². The van der Waals surface area contributed by atoms with E-state index in [4.69, 9.17) is 9.57 Å². The molecular formula is C9H12N2O3S. The molecule has 2 rings (SSSR count). The predicted molar refractivity (Wildman–Crippen MR) is 54.3 cm³/mol. The van der Waals surface area contributed by atoms with Crippen molar-refractivity contribution in [2.45, 2.75) is 25.6 Å². The normalized spacial score (nSPS) is 21.2. The SMILES string of the molecule is O=C(NOC1CCCCO1)c1cscn1. The average molecular weight is 228 g/mol. The third kappa shape index (κ3) is 2.98. The lowest BCUT2D eigenvalue weighted by Gasteiger charge is -2.21. The van der Waals surface area contributed by atoms with E-state index in [9.17, 15) is 4.79 Å². The fourth-order valence-corrected chi connectivity index (χ4v) is 1.83. The molecule has 1 aliphatic rings. The Hall–Kier alpha value is -0.980. The number of thiazole rings is 1. The zero-order chi connectivity index (χ0) is 10.5. The Morgan fingerprint density at radius 3 is 3.27 bits per heavy atom. The lowest BCUT2D eigenvalue weighted by atomic mass is 10.2. The summed E-state index contributed by atoms with van der Waals surface area (Å²) >= 11 is 1.37. The first-order chi connectivity index (χ1) is 7.36. The number of carbonyl (C=O) groups is 1. The zero-order valence-electron chi connectivity index (χ0n) is 8.14. The van der Waals surface area contributed by atoms with Gasteiger partial charge in [-0.3, -0.25) is 4.79 Å². The summed E-state index contributed by atoms with van der Waals surface area (Å²) in [6.07, 6.45) is 2.62. The van der Waals surface area contributed by atoms with E-state index in [0.717, 1.165) is 19.3 Å². The largest absolute Gasteiger partial charge is 0.350 e. The van der Waals surface area contributed by atoms with E-state index in [2.05, 4.69) is 10.5 Å². The van der Waals surface area contributed by atoms with Crippen LogP contribution in [0.5, 0.6) is 0 Å². The summed E-state index contributed by atoms with van der Waals surface area (Å²) in [5.74, 6) is -0.328. The van der Waals surface area contributed by atoms with Crippen LogP contribution in [0, 0.1) is 0 Å². The molecule has 0 bridgehead atoms. The summed E-state index contributed by atoms with van der Waals surface area (Å²) in [5.41, 5.74) is 4.31. The molecule has 2 heterocycles. The number of hydrogen-bond acceptors (Lipinski definition) is 5. The smallest absolute Gasteiger partial charge is 0.294 e. The maximum absolute atomic E-state index is 11.4. The van der Waals surface area contributed by atoms with Crippen LogP contribution >= 0.6 is 11.3 Å². The molecule has 1 aromatic rings. The van der Waals surface area contributed by atoms with Gasteiger partial charge >= 0.3 is 0 Å². The van der Waals surface area contributed by atoms with Gasteiger partial charge in [0.15, 0.2) is 6.29 Å². The van der Waals surface area contributed by atoms with E-state index in [1.54, 1.807) is 10.9 Å². The molecule has 6 heteroatoms. The van der Waals surface area contributed by atoms with Crippen molar-refractivity contribution in [3.05, 3.63) is 16.6 Å². The van der Waals surface area contributed by atoms with E-state index in [-0.39, 0.29) is 12.2 Å². The van der Waals surface area contributed by atoms with Gasteiger partial charge in [-0.25, -0.2) is 15.3 Å². The highest BCUT2D eigenvalue weighted by Crippen LogP contribution is 2.12. The number of nitrogens with one attached hydrogen (secondary N) is 1. The van der Waals surface area contributed by atoms with Crippen LogP contribution in [0.15, 0.2) is 10.9 Å². The molecule has 1 amide bonds. The Bertz CT molecular complexity index is 309. The molecule has 1 aromatic heterocycles. The number of nitrogens with zero attached hydrogens (tertiary/aromatic N) is 1. The first kappa shape index (κ1) is 10.5. The van der Waals surface area contributed by atoms with Crippen molar-refractivity contribution < 1.29 is 14.4 Å². The van der Waals surface area contributed by atoms with E-state index in [1.807, 2.05) is 0 Å². The number of hydrogen-bond donors (Lipinski definition) is 1. The summed E-state index contributed by atoms with van der Waals surface area (Å²) in [6, 6.07) is 0. The van der Waals surface area contributed by atoms with Gasteiger partial charge in [0, 0.05) is 18.4 Å². The van der Waals surface area contributed by atoms with Crippen LogP contribution in [0.2, 0.25) is 0 Å². The molecule has 0 radical (unpaired) electrons. The number of carbonyl (C=O) groups excluding carboxylic acids is 1. The molecule has 82 valence electrons. The van der Waals surface area contributed by atoms with Crippen molar-refractivity contribution in [2.75, 3.05) is 6.61 Å². The first-order valence-corrected chi connectivity index (χ1v) is 5.76. The molecule has 1 unspecified atom stereocenters. The summed E-state index contributed by atoms with van der Waals surface area (Å²) in [7, 11) is 0. The van der Waals surface area contributed by atoms with Crippen LogP contribution in [0.1, 0.15) is 29.8 Å². The van der Waals surface area contributed by atoms with E-state index in [0.29, 0.717) is 12.3 Å².